The van der Waals surface area contributed by atoms with E-state index in [2.05, 4.69) is 91.6 Å². The molecule has 14 heteroatoms. The quantitative estimate of drug-likeness (QED) is 0.0179. The molecule has 5 aliphatic heterocycles. The van der Waals surface area contributed by atoms with Crippen molar-refractivity contribution < 1.29 is 72.4 Å². The Labute approximate surface area is 557 Å². The van der Waals surface area contributed by atoms with Crippen molar-refractivity contribution in [2.24, 2.45) is 46.0 Å². The maximum Gasteiger partial charge on any atom is 1.00 e. The van der Waals surface area contributed by atoms with Gasteiger partial charge in [-0.1, -0.05) is 152 Å². The number of benzene rings is 7. The number of nitrogens with two attached hydrogens (primary N) is 2. The van der Waals surface area contributed by atoms with E-state index in [1.165, 1.54) is 21.9 Å². The number of hydrogen-bond acceptors (Lipinski definition) is 10. The van der Waals surface area contributed by atoms with Crippen LogP contribution in [0.15, 0.2) is 168 Å². The van der Waals surface area contributed by atoms with Crippen LogP contribution in [0.5, 0.6) is 11.5 Å². The van der Waals surface area contributed by atoms with Gasteiger partial charge in [-0.2, -0.15) is 0 Å². The zero-order chi connectivity index (χ0) is 62.1. The van der Waals surface area contributed by atoms with Gasteiger partial charge in [0.25, 0.3) is 0 Å². The van der Waals surface area contributed by atoms with Crippen molar-refractivity contribution in [1.82, 2.24) is 0 Å². The van der Waals surface area contributed by atoms with Crippen LogP contribution in [0.25, 0.3) is 10.8 Å². The molecule has 0 amide bonds. The Kier molecular flexibility index (Phi) is 18.1. The summed E-state index contributed by atoms with van der Waals surface area (Å²) in [4.78, 5) is 5.19. The molecule has 7 aromatic rings. The van der Waals surface area contributed by atoms with Crippen molar-refractivity contribution in [2.75, 3.05) is 6.61 Å². The number of allylic oxidation sites excluding steroid dienone is 1. The molecule has 466 valence electrons. The molecule has 16 rings (SSSR count). The van der Waals surface area contributed by atoms with Gasteiger partial charge >= 0.3 is 29.6 Å². The molecule has 9 aliphatic rings. The van der Waals surface area contributed by atoms with E-state index in [0.717, 1.165) is 76.6 Å². The third-order valence-corrected chi connectivity index (χ3v) is 23.4. The summed E-state index contributed by atoms with van der Waals surface area (Å²) in [6, 6.07) is 50.8. The first-order chi connectivity index (χ1) is 43.5. The average molecular weight is 1250 g/mol. The summed E-state index contributed by atoms with van der Waals surface area (Å²) in [5.74, 6) is 4.63. The van der Waals surface area contributed by atoms with Crippen LogP contribution < -0.4 is 45.8 Å². The maximum atomic E-state index is 14.4. The minimum Gasteiger partial charge on any atom is -0.748 e. The maximum absolute atomic E-state index is 14.4. The van der Waals surface area contributed by atoms with E-state index >= 15 is 0 Å². The van der Waals surface area contributed by atoms with Gasteiger partial charge in [0.05, 0.1) is 33.2 Å². The number of phenols is 1. The Morgan fingerprint density at radius 1 is 0.824 bits per heavy atom. The summed E-state index contributed by atoms with van der Waals surface area (Å²) in [6.45, 7) is 2.06. The van der Waals surface area contributed by atoms with Crippen LogP contribution in [0.4, 0.5) is 0 Å². The molecular formula is C77H82N3NaO9S. The van der Waals surface area contributed by atoms with Gasteiger partial charge in [0.1, 0.15) is 17.6 Å². The predicted octanol–water partition coefficient (Wildman–Crippen LogP) is 10.1. The van der Waals surface area contributed by atoms with E-state index in [4.69, 9.17) is 25.9 Å². The number of aryl methyl sites for hydroxylation is 2. The fourth-order valence-corrected chi connectivity index (χ4v) is 18.9. The Bertz CT molecular complexity index is 4070. The largest absolute Gasteiger partial charge is 1.00 e. The summed E-state index contributed by atoms with van der Waals surface area (Å²) in [5.41, 5.74) is 21.8. The third-order valence-electron chi connectivity index (χ3n) is 22.2. The van der Waals surface area contributed by atoms with Crippen LogP contribution in [-0.4, -0.2) is 62.9 Å². The number of ether oxygens (including phenoxy) is 2. The van der Waals surface area contributed by atoms with Crippen LogP contribution in [0.3, 0.4) is 0 Å². The normalized spacial score (nSPS) is 29.7. The molecule has 4 aliphatic carbocycles. The molecule has 15 atom stereocenters. The van der Waals surface area contributed by atoms with E-state index < -0.39 is 56.7 Å². The first kappa shape index (κ1) is 63.5. The van der Waals surface area contributed by atoms with Crippen molar-refractivity contribution in [3.05, 3.63) is 225 Å². The van der Waals surface area contributed by atoms with Crippen molar-refractivity contribution in [1.29, 1.82) is 0 Å². The second-order valence-corrected chi connectivity index (χ2v) is 29.2. The summed E-state index contributed by atoms with van der Waals surface area (Å²) in [5, 5.41) is 48.5. The zero-order valence-electron chi connectivity index (χ0n) is 52.2. The summed E-state index contributed by atoms with van der Waals surface area (Å²) >= 11 is 0. The minimum atomic E-state index is -4.97. The molecule has 8 N–H and O–H groups in total. The number of hydrogen-bond donors (Lipinski definition) is 6. The Morgan fingerprint density at radius 2 is 1.58 bits per heavy atom. The SMILES string of the molecule is CC1CCc2cc3ccc2C1CC(S(=O)(=O)[O-])C1C=C2CC(CC4CC(CO)CC#Cc5cc(O)ccc5C2O4)C1c1ccc(cc1)C(CC(Cc1ccccc1)C1(O)CCCC(c2ccc(C(O)C4CCc5cccc6cccc4c56)cc2)C1)(N=C(N)N)O3.[Na+]. The molecule has 1 saturated heterocycles. The van der Waals surface area contributed by atoms with E-state index in [9.17, 15) is 33.4 Å². The topological polar surface area (TPSA) is 221 Å². The van der Waals surface area contributed by atoms with E-state index in [-0.39, 0.29) is 102 Å². The Balaban J connectivity index is 0.00000758. The molecule has 0 spiro atoms. The van der Waals surface area contributed by atoms with E-state index in [0.29, 0.717) is 68.2 Å². The second-order valence-electron chi connectivity index (χ2n) is 27.6. The molecule has 0 aromatic heterocycles. The fourth-order valence-electron chi connectivity index (χ4n) is 17.8. The van der Waals surface area contributed by atoms with Crippen molar-refractivity contribution >= 4 is 26.9 Å². The van der Waals surface area contributed by atoms with Crippen LogP contribution in [0, 0.1) is 41.4 Å². The molecule has 5 heterocycles. The Morgan fingerprint density at radius 3 is 2.35 bits per heavy atom. The number of aliphatic hydroxyl groups excluding tert-OH is 2. The smallest absolute Gasteiger partial charge is 0.748 e. The van der Waals surface area contributed by atoms with Crippen LogP contribution >= 0.6 is 0 Å². The summed E-state index contributed by atoms with van der Waals surface area (Å²) in [6.07, 6.45) is 9.10. The Hall–Kier alpha value is -6.28. The zero-order valence-corrected chi connectivity index (χ0v) is 55.0. The summed E-state index contributed by atoms with van der Waals surface area (Å²) in [7, 11) is -4.97. The number of aliphatic imine (C=N–C) groups is 1. The average Bonchev–Trinajstić information content (AvgIpc) is 1.77. The molecule has 2 fully saturated rings. The number of rotatable bonds is 11. The summed E-state index contributed by atoms with van der Waals surface area (Å²) < 4.78 is 58.0. The minimum absolute atomic E-state index is 0. The van der Waals surface area contributed by atoms with Gasteiger partial charge in [-0.25, -0.2) is 13.4 Å². The first-order valence-corrected chi connectivity index (χ1v) is 34.3. The van der Waals surface area contributed by atoms with Crippen molar-refractivity contribution in [2.45, 2.75) is 162 Å². The molecule has 10 bridgehead atoms. The van der Waals surface area contributed by atoms with Gasteiger partial charge in [0.2, 0.25) is 5.72 Å². The van der Waals surface area contributed by atoms with Crippen molar-refractivity contribution in [3.63, 3.8) is 0 Å². The molecule has 1 saturated carbocycles. The van der Waals surface area contributed by atoms with Crippen LogP contribution in [0.2, 0.25) is 0 Å². The van der Waals surface area contributed by atoms with Gasteiger partial charge in [0.15, 0.2) is 5.96 Å². The molecule has 12 nitrogen and oxygen atoms in total. The number of guanidine groups is 1. The van der Waals surface area contributed by atoms with E-state index in [1.54, 1.807) is 12.1 Å². The first-order valence-electron chi connectivity index (χ1n) is 32.8. The number of phenolic OH excluding ortho intramolecular Hbond substituents is 1. The van der Waals surface area contributed by atoms with Gasteiger partial charge < -0.3 is 45.9 Å². The monoisotopic (exact) mass is 1250 g/mol. The number of aromatic hydroxyl groups is 1. The van der Waals surface area contributed by atoms with Crippen LogP contribution in [0.1, 0.15) is 181 Å². The predicted molar refractivity (Wildman–Crippen MR) is 350 cm³/mol. The fraction of sp³-hybridized carbons (Fsp3) is 0.416. The third kappa shape index (κ3) is 12.6. The van der Waals surface area contributed by atoms with E-state index in [1.807, 2.05) is 72.8 Å². The number of fused-ring (bicyclic) bond motifs is 9. The number of aliphatic hydroxyl groups is 3. The standard InChI is InChI=1S/C77H83N3O9S.Na/c1-46-18-19-55-39-62-30-33-64(55)68(46)42-70(90(85,86)87)69-41-58-37-57(40-63-36-48(45-81)11-5-15-54-38-61(82)29-32-65(54)74(58)88-63)72(69)52-24-27-59(28-25-52)77(89-62,80-75(78)79)44-60(35-47-9-3-2-4-10-47)76(84)34-8-16-56(43-76)49-20-22-53(23-21-49)73(83)67-31-26-51-13-6-12-50-14-7-17-66(67)71(50)51;/h2-4,6-7,9-10,12-14,17,20-25,27-30,32-33,38-39,41,46,48,56-57,60,63,67-70,72-74,81-84H,8,11,16,18-19,26,31,34-37,40,42-45H2,1H3,(H4,78,79,80)(H,85,86,87);/q;+1/p-1. The molecular weight excluding hydrogens is 1170 g/mol. The molecule has 7 aromatic carbocycles. The van der Waals surface area contributed by atoms with Gasteiger partial charge in [-0.05, 0) is 216 Å². The molecule has 91 heavy (non-hydrogen) atoms. The molecule has 0 radical (unpaired) electrons. The van der Waals surface area contributed by atoms with Gasteiger partial charge in [-0.15, -0.1) is 0 Å². The van der Waals surface area contributed by atoms with Gasteiger partial charge in [0, 0.05) is 42.1 Å². The van der Waals surface area contributed by atoms with Crippen LogP contribution in [-0.2, 0) is 39.8 Å². The second kappa shape index (κ2) is 25.9. The number of nitrogens with zero attached hydrogens (tertiary/aromatic N) is 1. The van der Waals surface area contributed by atoms with Gasteiger partial charge in [-0.3, -0.25) is 0 Å². The molecule has 15 unspecified atom stereocenters. The van der Waals surface area contributed by atoms with Crippen molar-refractivity contribution in [3.8, 4) is 23.3 Å².